The number of rotatable bonds is 10. The van der Waals surface area contributed by atoms with Crippen LogP contribution >= 0.6 is 0 Å². The van der Waals surface area contributed by atoms with Crippen molar-refractivity contribution in [1.29, 1.82) is 0 Å². The normalized spacial score (nSPS) is 10.2. The third-order valence-corrected chi connectivity index (χ3v) is 4.65. The van der Waals surface area contributed by atoms with E-state index in [-0.39, 0.29) is 12.2 Å². The van der Waals surface area contributed by atoms with Crippen LogP contribution in [0.25, 0.3) is 11.1 Å². The van der Waals surface area contributed by atoms with Crippen LogP contribution < -0.4 is 10.8 Å². The van der Waals surface area contributed by atoms with E-state index in [2.05, 4.69) is 20.8 Å². The molecule has 0 radical (unpaired) electrons. The van der Waals surface area contributed by atoms with E-state index in [9.17, 15) is 9.18 Å². The average Bonchev–Trinajstić information content (AvgIpc) is 2.81. The van der Waals surface area contributed by atoms with Crippen molar-refractivity contribution >= 4 is 17.6 Å². The maximum Gasteiger partial charge on any atom is 0.303 e. The fourth-order valence-electron chi connectivity index (χ4n) is 3.15. The Morgan fingerprint density at radius 3 is 2.26 bits per heavy atom. The molecule has 8 heteroatoms. The van der Waals surface area contributed by atoms with Crippen molar-refractivity contribution in [2.24, 2.45) is 5.90 Å². The molecule has 0 aliphatic rings. The molecule has 3 rings (SSSR count). The lowest BCUT2D eigenvalue weighted by Crippen LogP contribution is -2.20. The summed E-state index contributed by atoms with van der Waals surface area (Å²) in [5, 5.41) is 15.2. The highest BCUT2D eigenvalue weighted by molar-refractivity contribution is 5.69. The number of nitrogens with zero attached hydrogens (tertiary/aromatic N) is 3. The quantitative estimate of drug-likeness (QED) is 0.315. The molecule has 0 fully saturated rings. The van der Waals surface area contributed by atoms with Gasteiger partial charge in [-0.15, -0.1) is 0 Å². The minimum absolute atomic E-state index is 0.214. The molecule has 0 amide bonds. The second-order valence-corrected chi connectivity index (χ2v) is 6.81. The summed E-state index contributed by atoms with van der Waals surface area (Å²) in [6.07, 6.45) is 7.12. The molecule has 2 heterocycles. The van der Waals surface area contributed by atoms with Crippen LogP contribution in [0.15, 0.2) is 67.0 Å². The Morgan fingerprint density at radius 1 is 0.871 bits per heavy atom. The van der Waals surface area contributed by atoms with Gasteiger partial charge in [0.25, 0.3) is 0 Å². The molecule has 0 unspecified atom stereocenters. The van der Waals surface area contributed by atoms with Gasteiger partial charge in [-0.3, -0.25) is 4.79 Å². The Hall–Kier alpha value is -3.36. The number of carboxylic acids is 1. The standard InChI is InChI=1S/C23H24FN3O2.H3NO/c24-20-11-9-18(10-12-20)19-13-15-26-22(17-19)27(21-7-4-5-14-25-21)16-6-2-1-3-8-23(28)29;1-2/h4-5,7,9-15,17H,1-3,6,8,16H2,(H,28,29);2H,1H2. The lowest BCUT2D eigenvalue weighted by molar-refractivity contribution is -0.137. The van der Waals surface area contributed by atoms with Crippen molar-refractivity contribution < 1.29 is 19.5 Å². The number of hydrogen-bond donors (Lipinski definition) is 3. The fourth-order valence-corrected chi connectivity index (χ4v) is 3.15. The number of pyridine rings is 2. The van der Waals surface area contributed by atoms with Crippen LogP contribution in [-0.2, 0) is 4.79 Å². The molecule has 1 aromatic carbocycles. The summed E-state index contributed by atoms with van der Waals surface area (Å²) < 4.78 is 13.2. The fraction of sp³-hybridized carbons (Fsp3) is 0.261. The first kappa shape index (κ1) is 23.9. The van der Waals surface area contributed by atoms with Crippen LogP contribution in [0.2, 0.25) is 0 Å². The molecule has 0 bridgehead atoms. The molecule has 4 N–H and O–H groups in total. The van der Waals surface area contributed by atoms with E-state index < -0.39 is 5.97 Å². The minimum atomic E-state index is -0.748. The Morgan fingerprint density at radius 2 is 1.58 bits per heavy atom. The van der Waals surface area contributed by atoms with Crippen molar-refractivity contribution in [1.82, 2.24) is 9.97 Å². The second kappa shape index (κ2) is 13.0. The molecule has 7 nitrogen and oxygen atoms in total. The molecule has 31 heavy (non-hydrogen) atoms. The summed E-state index contributed by atoms with van der Waals surface area (Å²) in [5.74, 6) is 4.07. The Balaban J connectivity index is 0.00000166. The third-order valence-electron chi connectivity index (χ3n) is 4.65. The van der Waals surface area contributed by atoms with E-state index in [1.807, 2.05) is 30.3 Å². The Bertz CT molecular complexity index is 924. The van der Waals surface area contributed by atoms with Gasteiger partial charge in [-0.1, -0.05) is 31.0 Å². The Labute approximate surface area is 181 Å². The van der Waals surface area contributed by atoms with Gasteiger partial charge in [0.05, 0.1) is 0 Å². The first-order chi connectivity index (χ1) is 15.1. The van der Waals surface area contributed by atoms with Gasteiger partial charge in [0.2, 0.25) is 0 Å². The molecular weight excluding hydrogens is 399 g/mol. The van der Waals surface area contributed by atoms with E-state index in [1.54, 1.807) is 24.5 Å². The lowest BCUT2D eigenvalue weighted by atomic mass is 10.1. The summed E-state index contributed by atoms with van der Waals surface area (Å²) in [4.78, 5) is 21.7. The van der Waals surface area contributed by atoms with Crippen LogP contribution in [0.4, 0.5) is 16.0 Å². The van der Waals surface area contributed by atoms with Gasteiger partial charge in [-0.2, -0.15) is 0 Å². The van der Waals surface area contributed by atoms with Crippen molar-refractivity contribution in [3.8, 4) is 11.1 Å². The number of carbonyl (C=O) groups is 1. The predicted octanol–water partition coefficient (Wildman–Crippen LogP) is 4.79. The average molecular weight is 426 g/mol. The lowest BCUT2D eigenvalue weighted by Gasteiger charge is -2.23. The summed E-state index contributed by atoms with van der Waals surface area (Å²) in [5.41, 5.74) is 1.88. The van der Waals surface area contributed by atoms with Crippen LogP contribution in [0.5, 0.6) is 0 Å². The highest BCUT2D eigenvalue weighted by atomic mass is 19.1. The summed E-state index contributed by atoms with van der Waals surface area (Å²) in [7, 11) is 0. The molecule has 2 aromatic heterocycles. The van der Waals surface area contributed by atoms with Gasteiger partial charge in [0.15, 0.2) is 0 Å². The zero-order chi connectivity index (χ0) is 22.5. The number of aliphatic carboxylic acids is 1. The number of nitrogens with two attached hydrogens (primary N) is 1. The van der Waals surface area contributed by atoms with E-state index in [0.29, 0.717) is 6.42 Å². The van der Waals surface area contributed by atoms with Gasteiger partial charge >= 0.3 is 5.97 Å². The smallest absolute Gasteiger partial charge is 0.303 e. The maximum absolute atomic E-state index is 13.2. The van der Waals surface area contributed by atoms with Crippen molar-refractivity contribution in [3.63, 3.8) is 0 Å². The number of halogens is 1. The molecule has 0 saturated heterocycles. The number of hydrogen-bond acceptors (Lipinski definition) is 6. The zero-order valence-corrected chi connectivity index (χ0v) is 17.2. The largest absolute Gasteiger partial charge is 0.481 e. The third kappa shape index (κ3) is 7.76. The van der Waals surface area contributed by atoms with Gasteiger partial charge in [0, 0.05) is 25.4 Å². The molecule has 164 valence electrons. The van der Waals surface area contributed by atoms with E-state index >= 15 is 0 Å². The highest BCUT2D eigenvalue weighted by Gasteiger charge is 2.13. The molecular formula is C23H27FN4O3. The summed E-state index contributed by atoms with van der Waals surface area (Å²) >= 11 is 0. The number of anilines is 2. The van der Waals surface area contributed by atoms with Crippen molar-refractivity contribution in [2.45, 2.75) is 32.1 Å². The minimum Gasteiger partial charge on any atom is -0.481 e. The van der Waals surface area contributed by atoms with E-state index in [1.165, 1.54) is 12.1 Å². The monoisotopic (exact) mass is 426 g/mol. The topological polar surface area (TPSA) is 113 Å². The highest BCUT2D eigenvalue weighted by Crippen LogP contribution is 2.27. The van der Waals surface area contributed by atoms with Crippen LogP contribution in [0, 0.1) is 5.82 Å². The first-order valence-electron chi connectivity index (χ1n) is 10.0. The first-order valence-corrected chi connectivity index (χ1v) is 10.0. The molecule has 0 aliphatic heterocycles. The SMILES string of the molecule is NO.O=C(O)CCCCCCN(c1ccccn1)c1cc(-c2ccc(F)cc2)ccn1. The summed E-state index contributed by atoms with van der Waals surface area (Å²) in [6, 6.07) is 16.0. The van der Waals surface area contributed by atoms with Gasteiger partial charge in [-0.25, -0.2) is 20.3 Å². The number of unbranched alkanes of at least 4 members (excludes halogenated alkanes) is 3. The van der Waals surface area contributed by atoms with Crippen LogP contribution in [0.1, 0.15) is 32.1 Å². The zero-order valence-electron chi connectivity index (χ0n) is 17.2. The van der Waals surface area contributed by atoms with E-state index in [4.69, 9.17) is 10.3 Å². The van der Waals surface area contributed by atoms with Crippen LogP contribution in [-0.4, -0.2) is 32.8 Å². The van der Waals surface area contributed by atoms with Gasteiger partial charge in [0.1, 0.15) is 17.5 Å². The second-order valence-electron chi connectivity index (χ2n) is 6.81. The van der Waals surface area contributed by atoms with E-state index in [0.717, 1.165) is 48.6 Å². The van der Waals surface area contributed by atoms with Crippen molar-refractivity contribution in [2.75, 3.05) is 11.4 Å². The number of carboxylic acid groups (broad SMARTS) is 1. The Kier molecular flexibility index (Phi) is 10.1. The number of benzene rings is 1. The molecule has 3 aromatic rings. The van der Waals surface area contributed by atoms with Crippen LogP contribution in [0.3, 0.4) is 0 Å². The van der Waals surface area contributed by atoms with Gasteiger partial charge < -0.3 is 15.2 Å². The number of aromatic nitrogens is 2. The molecule has 0 spiro atoms. The van der Waals surface area contributed by atoms with Gasteiger partial charge in [-0.05, 0) is 60.4 Å². The molecule has 0 aliphatic carbocycles. The maximum atomic E-state index is 13.2. The summed E-state index contributed by atoms with van der Waals surface area (Å²) in [6.45, 7) is 0.726. The molecule has 0 saturated carbocycles. The predicted molar refractivity (Wildman–Crippen MR) is 118 cm³/mol. The molecule has 0 atom stereocenters. The van der Waals surface area contributed by atoms with Crippen molar-refractivity contribution in [3.05, 3.63) is 72.8 Å².